The van der Waals surface area contributed by atoms with E-state index in [1.54, 1.807) is 33.9 Å². The number of aliphatic hydroxyl groups is 1. The van der Waals surface area contributed by atoms with Crippen molar-refractivity contribution < 1.29 is 14.7 Å². The molecule has 2 aromatic heterocycles. The largest absolute Gasteiger partial charge is 0.389 e. The van der Waals surface area contributed by atoms with Crippen LogP contribution in [0.25, 0.3) is 5.65 Å². The van der Waals surface area contributed by atoms with Crippen LogP contribution in [0.5, 0.6) is 0 Å². The van der Waals surface area contributed by atoms with Crippen LogP contribution < -0.4 is 15.5 Å². The van der Waals surface area contributed by atoms with E-state index in [0.717, 1.165) is 25.1 Å². The number of aliphatic hydroxyl groups excluding tert-OH is 1. The molecule has 0 bridgehead atoms. The van der Waals surface area contributed by atoms with Gasteiger partial charge in [-0.15, -0.1) is 5.10 Å². The number of hydrogen-bond acceptors (Lipinski definition) is 8. The average molecular weight is 569 g/mol. The van der Waals surface area contributed by atoms with E-state index in [4.69, 9.17) is 4.98 Å². The maximum atomic E-state index is 13.0. The summed E-state index contributed by atoms with van der Waals surface area (Å²) in [6.07, 6.45) is 4.79. The van der Waals surface area contributed by atoms with E-state index >= 15 is 0 Å². The maximum absolute atomic E-state index is 13.0. The lowest BCUT2D eigenvalue weighted by Crippen LogP contribution is -2.53. The zero-order valence-corrected chi connectivity index (χ0v) is 24.1. The molecule has 1 atom stereocenters. The monoisotopic (exact) mass is 568 g/mol. The molecule has 2 saturated heterocycles. The Morgan fingerprint density at radius 3 is 2.38 bits per heavy atom. The third kappa shape index (κ3) is 5.78. The van der Waals surface area contributed by atoms with Gasteiger partial charge < -0.3 is 25.5 Å². The van der Waals surface area contributed by atoms with Crippen molar-refractivity contribution >= 4 is 34.9 Å². The smallest absolute Gasteiger partial charge is 0.254 e. The number of amides is 2. The number of rotatable bonds is 6. The summed E-state index contributed by atoms with van der Waals surface area (Å²) in [4.78, 5) is 38.5. The molecule has 2 aromatic carbocycles. The molecule has 11 nitrogen and oxygen atoms in total. The topological polar surface area (TPSA) is 128 Å². The lowest BCUT2D eigenvalue weighted by atomic mass is 9.86. The van der Waals surface area contributed by atoms with Gasteiger partial charge in [-0.2, -0.15) is 4.98 Å². The third-order valence-electron chi connectivity index (χ3n) is 7.84. The highest BCUT2D eigenvalue weighted by Gasteiger charge is 2.29. The number of anilines is 3. The molecule has 11 heteroatoms. The van der Waals surface area contributed by atoms with Gasteiger partial charge in [0.25, 0.3) is 11.8 Å². The number of carbonyl (C=O) groups excluding carboxylic acids is 2. The summed E-state index contributed by atoms with van der Waals surface area (Å²) in [5.41, 5.74) is 3.77. The number of nitrogens with zero attached hydrogens (tertiary/aromatic N) is 6. The number of imidazole rings is 1. The standard InChI is InChI=1S/C31H36N8O3/c1-31(2,3)22-10-6-20(7-11-22)28(41)34-24-5-4-15-37(17-24)30-35-26(27-32-14-16-39(27)36-30)33-23-12-8-21(9-13-23)29(42)38-18-25(40)19-38/h6-14,16,24-25,40H,4-5,15,17-19H2,1-3H3,(H,34,41)(H,33,35,36)/t24-/m1/s1. The Bertz CT molecular complexity index is 1590. The number of carbonyl (C=O) groups is 2. The molecular weight excluding hydrogens is 532 g/mol. The van der Waals surface area contributed by atoms with E-state index in [-0.39, 0.29) is 23.3 Å². The van der Waals surface area contributed by atoms with Gasteiger partial charge in [-0.05, 0) is 60.2 Å². The minimum Gasteiger partial charge on any atom is -0.389 e. The number of fused-ring (bicyclic) bond motifs is 1. The van der Waals surface area contributed by atoms with Gasteiger partial charge in [-0.3, -0.25) is 9.59 Å². The molecule has 4 aromatic rings. The molecule has 2 amide bonds. The number of likely N-dealkylation sites (tertiary alicyclic amines) is 1. The highest BCUT2D eigenvalue weighted by molar-refractivity contribution is 5.95. The highest BCUT2D eigenvalue weighted by Crippen LogP contribution is 2.25. The van der Waals surface area contributed by atoms with Crippen molar-refractivity contribution in [3.63, 3.8) is 0 Å². The van der Waals surface area contributed by atoms with Crippen LogP contribution in [0.4, 0.5) is 17.5 Å². The van der Waals surface area contributed by atoms with Crippen LogP contribution in [0.15, 0.2) is 60.9 Å². The fourth-order valence-corrected chi connectivity index (χ4v) is 5.34. The Hall–Kier alpha value is -4.51. The summed E-state index contributed by atoms with van der Waals surface area (Å²) in [5, 5.41) is 20.7. The van der Waals surface area contributed by atoms with Gasteiger partial charge in [0.05, 0.1) is 6.10 Å². The van der Waals surface area contributed by atoms with Gasteiger partial charge in [0.2, 0.25) is 5.95 Å². The van der Waals surface area contributed by atoms with Gasteiger partial charge in [0.15, 0.2) is 11.5 Å². The molecular formula is C31H36N8O3. The Balaban J connectivity index is 1.15. The molecule has 2 aliphatic heterocycles. The zero-order chi connectivity index (χ0) is 29.4. The van der Waals surface area contributed by atoms with Crippen LogP contribution in [-0.4, -0.2) is 79.7 Å². The summed E-state index contributed by atoms with van der Waals surface area (Å²) in [7, 11) is 0. The minimum absolute atomic E-state index is 0.0323. The molecule has 2 fully saturated rings. The second-order valence-corrected chi connectivity index (χ2v) is 12.1. The van der Waals surface area contributed by atoms with Crippen LogP contribution >= 0.6 is 0 Å². The van der Waals surface area contributed by atoms with Crippen molar-refractivity contribution in [3.05, 3.63) is 77.6 Å². The second kappa shape index (κ2) is 11.1. The molecule has 0 spiro atoms. The maximum Gasteiger partial charge on any atom is 0.254 e. The predicted octanol–water partition coefficient (Wildman–Crippen LogP) is 3.38. The molecule has 0 unspecified atom stereocenters. The molecule has 2 aliphatic rings. The Labute approximate surface area is 244 Å². The fraction of sp³-hybridized carbons (Fsp3) is 0.387. The predicted molar refractivity (Wildman–Crippen MR) is 160 cm³/mol. The van der Waals surface area contributed by atoms with Crippen LogP contribution in [0.2, 0.25) is 0 Å². The lowest BCUT2D eigenvalue weighted by molar-refractivity contribution is 0.00590. The SMILES string of the molecule is CC(C)(C)c1ccc(C(=O)N[C@@H]2CCCN(c3nc(Nc4ccc(C(=O)N5CC(O)C5)cc4)c4nccn4n3)C2)cc1. The molecule has 0 aliphatic carbocycles. The first kappa shape index (κ1) is 27.6. The van der Waals surface area contributed by atoms with E-state index in [9.17, 15) is 14.7 Å². The van der Waals surface area contributed by atoms with Crippen LogP contribution in [0.1, 0.15) is 59.9 Å². The Morgan fingerprint density at radius 1 is 0.976 bits per heavy atom. The van der Waals surface area contributed by atoms with E-state index in [0.29, 0.717) is 48.2 Å². The average Bonchev–Trinajstić information content (AvgIpc) is 3.45. The molecule has 218 valence electrons. The first-order valence-electron chi connectivity index (χ1n) is 14.4. The molecule has 4 heterocycles. The van der Waals surface area contributed by atoms with Crippen LogP contribution in [0, 0.1) is 0 Å². The third-order valence-corrected chi connectivity index (χ3v) is 7.84. The second-order valence-electron chi connectivity index (χ2n) is 12.1. The van der Waals surface area contributed by atoms with Crippen molar-refractivity contribution in [1.82, 2.24) is 29.8 Å². The molecule has 6 rings (SSSR count). The number of β-amino-alcohol motifs (C(OH)–C–C–N with tert-alkyl or cyclic N) is 1. The summed E-state index contributed by atoms with van der Waals surface area (Å²) < 4.78 is 1.69. The van der Waals surface area contributed by atoms with Crippen molar-refractivity contribution in [2.75, 3.05) is 36.4 Å². The van der Waals surface area contributed by atoms with Crippen molar-refractivity contribution in [2.24, 2.45) is 0 Å². The van der Waals surface area contributed by atoms with Crippen LogP contribution in [-0.2, 0) is 5.41 Å². The first-order valence-corrected chi connectivity index (χ1v) is 14.4. The Morgan fingerprint density at radius 2 is 1.69 bits per heavy atom. The summed E-state index contributed by atoms with van der Waals surface area (Å²) in [6.45, 7) is 8.57. The van der Waals surface area contributed by atoms with E-state index in [1.807, 2.05) is 36.4 Å². The van der Waals surface area contributed by atoms with E-state index < -0.39 is 6.10 Å². The van der Waals surface area contributed by atoms with Gasteiger partial charge in [0.1, 0.15) is 0 Å². The molecule has 0 saturated carbocycles. The van der Waals surface area contributed by atoms with Crippen molar-refractivity contribution in [1.29, 1.82) is 0 Å². The quantitative estimate of drug-likeness (QED) is 0.323. The van der Waals surface area contributed by atoms with Gasteiger partial charge >= 0.3 is 0 Å². The van der Waals surface area contributed by atoms with Gasteiger partial charge in [-0.1, -0.05) is 32.9 Å². The molecule has 0 radical (unpaired) electrons. The first-order chi connectivity index (χ1) is 20.1. The molecule has 42 heavy (non-hydrogen) atoms. The number of aromatic nitrogens is 4. The Kier molecular flexibility index (Phi) is 7.28. The highest BCUT2D eigenvalue weighted by atomic mass is 16.3. The summed E-state index contributed by atoms with van der Waals surface area (Å²) >= 11 is 0. The number of piperidine rings is 1. The summed E-state index contributed by atoms with van der Waals surface area (Å²) in [5.74, 6) is 0.906. The lowest BCUT2D eigenvalue weighted by Gasteiger charge is -2.35. The number of hydrogen-bond donors (Lipinski definition) is 3. The minimum atomic E-state index is -0.434. The molecule has 3 N–H and O–H groups in total. The van der Waals surface area contributed by atoms with Crippen molar-refractivity contribution in [2.45, 2.75) is 51.2 Å². The summed E-state index contributed by atoms with van der Waals surface area (Å²) in [6, 6.07) is 15.0. The number of benzene rings is 2. The van der Waals surface area contributed by atoms with Crippen LogP contribution in [0.3, 0.4) is 0 Å². The normalized spacial score (nSPS) is 17.7. The zero-order valence-electron chi connectivity index (χ0n) is 24.1. The van der Waals surface area contributed by atoms with Gasteiger partial charge in [0, 0.05) is 61.4 Å². The number of nitrogens with one attached hydrogen (secondary N) is 2. The fourth-order valence-electron chi connectivity index (χ4n) is 5.34. The van der Waals surface area contributed by atoms with Gasteiger partial charge in [-0.25, -0.2) is 9.50 Å². The van der Waals surface area contributed by atoms with E-state index in [1.165, 1.54) is 5.56 Å². The van der Waals surface area contributed by atoms with E-state index in [2.05, 4.69) is 46.4 Å². The van der Waals surface area contributed by atoms with Crippen molar-refractivity contribution in [3.8, 4) is 0 Å².